The van der Waals surface area contributed by atoms with Crippen LogP contribution in [0.4, 0.5) is 13.2 Å². The molecule has 0 radical (unpaired) electrons. The van der Waals surface area contributed by atoms with Crippen LogP contribution in [0.2, 0.25) is 0 Å². The monoisotopic (exact) mass is 245 g/mol. The van der Waals surface area contributed by atoms with Gasteiger partial charge in [0.1, 0.15) is 5.82 Å². The van der Waals surface area contributed by atoms with Crippen LogP contribution in [-0.4, -0.2) is 19.2 Å². The van der Waals surface area contributed by atoms with Crippen molar-refractivity contribution in [1.82, 2.24) is 5.32 Å². The molecule has 5 heteroatoms. The van der Waals surface area contributed by atoms with Crippen LogP contribution in [0.1, 0.15) is 18.4 Å². The van der Waals surface area contributed by atoms with Crippen molar-refractivity contribution in [2.24, 2.45) is 0 Å². The molecule has 1 aliphatic heterocycles. The Hall–Kier alpha value is -1.07. The summed E-state index contributed by atoms with van der Waals surface area (Å²) in [5, 5.41) is 3.15. The quantitative estimate of drug-likeness (QED) is 0.825. The van der Waals surface area contributed by atoms with Crippen molar-refractivity contribution < 1.29 is 17.9 Å². The predicted molar refractivity (Wildman–Crippen MR) is 57.0 cm³/mol. The first-order chi connectivity index (χ1) is 8.16. The molecule has 0 spiro atoms. The lowest BCUT2D eigenvalue weighted by atomic mass is 10.1. The molecule has 1 unspecified atom stereocenters. The molecule has 1 atom stereocenters. The van der Waals surface area contributed by atoms with Gasteiger partial charge in [-0.1, -0.05) is 0 Å². The summed E-state index contributed by atoms with van der Waals surface area (Å²) in [6, 6.07) is 1.40. The van der Waals surface area contributed by atoms with Gasteiger partial charge in [0.05, 0.1) is 12.7 Å². The fourth-order valence-corrected chi connectivity index (χ4v) is 1.84. The van der Waals surface area contributed by atoms with Gasteiger partial charge in [0.2, 0.25) is 0 Å². The summed E-state index contributed by atoms with van der Waals surface area (Å²) in [7, 11) is 0. The molecule has 1 fully saturated rings. The van der Waals surface area contributed by atoms with E-state index in [2.05, 4.69) is 5.32 Å². The average Bonchev–Trinajstić information content (AvgIpc) is 2.33. The van der Waals surface area contributed by atoms with Crippen molar-refractivity contribution in [1.29, 1.82) is 0 Å². The molecular weight excluding hydrogens is 231 g/mol. The molecule has 0 aliphatic carbocycles. The molecule has 0 saturated carbocycles. The smallest absolute Gasteiger partial charge is 0.161 e. The predicted octanol–water partition coefficient (Wildman–Crippen LogP) is 2.37. The van der Waals surface area contributed by atoms with Gasteiger partial charge in [0, 0.05) is 18.2 Å². The highest BCUT2D eigenvalue weighted by Gasteiger charge is 2.15. The van der Waals surface area contributed by atoms with Gasteiger partial charge >= 0.3 is 0 Å². The van der Waals surface area contributed by atoms with Gasteiger partial charge in [0.25, 0.3) is 0 Å². The minimum atomic E-state index is -1.18. The van der Waals surface area contributed by atoms with Crippen molar-refractivity contribution in [2.75, 3.05) is 13.1 Å². The van der Waals surface area contributed by atoms with E-state index in [0.717, 1.165) is 25.5 Å². The lowest BCUT2D eigenvalue weighted by molar-refractivity contribution is 0.0237. The summed E-state index contributed by atoms with van der Waals surface area (Å²) >= 11 is 0. The van der Waals surface area contributed by atoms with Gasteiger partial charge in [-0.3, -0.25) is 0 Å². The van der Waals surface area contributed by atoms with Crippen molar-refractivity contribution >= 4 is 0 Å². The molecule has 1 aliphatic rings. The largest absolute Gasteiger partial charge is 0.372 e. The van der Waals surface area contributed by atoms with Crippen LogP contribution in [0, 0.1) is 17.5 Å². The fourth-order valence-electron chi connectivity index (χ4n) is 1.84. The molecular formula is C12H14F3NO. The molecule has 0 amide bonds. The molecule has 1 N–H and O–H groups in total. The van der Waals surface area contributed by atoms with Gasteiger partial charge < -0.3 is 10.1 Å². The van der Waals surface area contributed by atoms with Crippen molar-refractivity contribution in [3.8, 4) is 0 Å². The molecule has 0 aromatic heterocycles. The van der Waals surface area contributed by atoms with Crippen LogP contribution in [0.25, 0.3) is 0 Å². The lowest BCUT2D eigenvalue weighted by Crippen LogP contribution is -2.35. The Kier molecular flexibility index (Phi) is 4.02. The van der Waals surface area contributed by atoms with Crippen LogP contribution in [0.15, 0.2) is 12.1 Å². The zero-order valence-corrected chi connectivity index (χ0v) is 9.31. The molecule has 0 bridgehead atoms. The van der Waals surface area contributed by atoms with Gasteiger partial charge in [-0.2, -0.15) is 0 Å². The lowest BCUT2D eigenvalue weighted by Gasteiger charge is -2.23. The summed E-state index contributed by atoms with van der Waals surface area (Å²) in [4.78, 5) is 0. The fraction of sp³-hybridized carbons (Fsp3) is 0.500. The third-order valence-electron chi connectivity index (χ3n) is 2.82. The second-order valence-electron chi connectivity index (χ2n) is 4.14. The minimum Gasteiger partial charge on any atom is -0.372 e. The van der Waals surface area contributed by atoms with Crippen LogP contribution < -0.4 is 5.32 Å². The summed E-state index contributed by atoms with van der Waals surface area (Å²) in [5.74, 6) is -3.00. The molecule has 1 saturated heterocycles. The number of benzene rings is 1. The van der Waals surface area contributed by atoms with E-state index >= 15 is 0 Å². The maximum Gasteiger partial charge on any atom is 0.161 e. The maximum atomic E-state index is 13.3. The summed E-state index contributed by atoms with van der Waals surface area (Å²) < 4.78 is 44.3. The Balaban J connectivity index is 1.96. The number of hydrogen-bond acceptors (Lipinski definition) is 2. The second kappa shape index (κ2) is 5.51. The zero-order chi connectivity index (χ0) is 12.3. The third kappa shape index (κ3) is 3.20. The van der Waals surface area contributed by atoms with Crippen molar-refractivity contribution in [3.05, 3.63) is 35.1 Å². The number of piperidine rings is 1. The third-order valence-corrected chi connectivity index (χ3v) is 2.82. The molecule has 2 nitrogen and oxygen atoms in total. The standard InChI is InChI=1S/C12H14F3NO/c13-10-5-12(15)11(14)4-8(10)7-17-9-2-1-3-16-6-9/h4-5,9,16H,1-3,6-7H2. The first kappa shape index (κ1) is 12.4. The molecule has 1 heterocycles. The van der Waals surface area contributed by atoms with E-state index in [-0.39, 0.29) is 18.3 Å². The van der Waals surface area contributed by atoms with E-state index < -0.39 is 17.5 Å². The summed E-state index contributed by atoms with van der Waals surface area (Å²) in [6.07, 6.45) is 1.92. The first-order valence-corrected chi connectivity index (χ1v) is 5.62. The van der Waals surface area contributed by atoms with E-state index in [1.165, 1.54) is 0 Å². The van der Waals surface area contributed by atoms with E-state index in [1.807, 2.05) is 0 Å². The number of halogens is 3. The number of rotatable bonds is 3. The zero-order valence-electron chi connectivity index (χ0n) is 9.31. The molecule has 17 heavy (non-hydrogen) atoms. The van der Waals surface area contributed by atoms with Crippen LogP contribution in [0.5, 0.6) is 0 Å². The van der Waals surface area contributed by atoms with Crippen molar-refractivity contribution in [3.63, 3.8) is 0 Å². The molecule has 1 aromatic carbocycles. The van der Waals surface area contributed by atoms with Crippen LogP contribution in [0.3, 0.4) is 0 Å². The number of nitrogens with one attached hydrogen (secondary N) is 1. The normalized spacial score (nSPS) is 20.5. The van der Waals surface area contributed by atoms with E-state index in [0.29, 0.717) is 12.6 Å². The topological polar surface area (TPSA) is 21.3 Å². The van der Waals surface area contributed by atoms with Crippen LogP contribution in [-0.2, 0) is 11.3 Å². The maximum absolute atomic E-state index is 13.3. The highest BCUT2D eigenvalue weighted by atomic mass is 19.2. The van der Waals surface area contributed by atoms with E-state index in [4.69, 9.17) is 4.74 Å². The van der Waals surface area contributed by atoms with Gasteiger partial charge in [0.15, 0.2) is 11.6 Å². The average molecular weight is 245 g/mol. The minimum absolute atomic E-state index is 0.0104. The summed E-state index contributed by atoms with van der Waals surface area (Å²) in [5.41, 5.74) is 0.0504. The Morgan fingerprint density at radius 1 is 1.18 bits per heavy atom. The Bertz CT molecular complexity index is 392. The van der Waals surface area contributed by atoms with E-state index in [9.17, 15) is 13.2 Å². The number of hydrogen-bond donors (Lipinski definition) is 1. The summed E-state index contributed by atoms with van der Waals surface area (Å²) in [6.45, 7) is 1.64. The second-order valence-corrected chi connectivity index (χ2v) is 4.14. The van der Waals surface area contributed by atoms with Gasteiger partial charge in [-0.05, 0) is 25.5 Å². The van der Waals surface area contributed by atoms with Gasteiger partial charge in [-0.25, -0.2) is 13.2 Å². The van der Waals surface area contributed by atoms with Gasteiger partial charge in [-0.15, -0.1) is 0 Å². The number of ether oxygens (including phenoxy) is 1. The highest BCUT2D eigenvalue weighted by molar-refractivity contribution is 5.19. The first-order valence-electron chi connectivity index (χ1n) is 5.62. The molecule has 94 valence electrons. The molecule has 2 rings (SSSR count). The van der Waals surface area contributed by atoms with Crippen LogP contribution >= 0.6 is 0 Å². The molecule has 1 aromatic rings. The van der Waals surface area contributed by atoms with Crippen molar-refractivity contribution in [2.45, 2.75) is 25.6 Å². The highest BCUT2D eigenvalue weighted by Crippen LogP contribution is 2.16. The SMILES string of the molecule is Fc1cc(F)c(COC2CCCNC2)cc1F. The van der Waals surface area contributed by atoms with E-state index in [1.54, 1.807) is 0 Å². The Labute approximate surface area is 97.8 Å². The Morgan fingerprint density at radius 2 is 1.94 bits per heavy atom. The Morgan fingerprint density at radius 3 is 2.65 bits per heavy atom.